The van der Waals surface area contributed by atoms with Gasteiger partial charge >= 0.3 is 0 Å². The van der Waals surface area contributed by atoms with E-state index in [0.29, 0.717) is 17.7 Å². The lowest BCUT2D eigenvalue weighted by Crippen LogP contribution is -2.29. The number of unbranched alkanes of at least 4 members (excludes halogenated alkanes) is 5. The fraction of sp³-hybridized carbons (Fsp3) is 0.636. The van der Waals surface area contributed by atoms with Gasteiger partial charge in [0.05, 0.1) is 5.56 Å². The summed E-state index contributed by atoms with van der Waals surface area (Å²) in [7, 11) is 3.87. The van der Waals surface area contributed by atoms with Gasteiger partial charge in [0.1, 0.15) is 0 Å². The van der Waals surface area contributed by atoms with Crippen LogP contribution in [0.3, 0.4) is 0 Å². The number of nitrogens with one attached hydrogen (secondary N) is 1. The Balaban J connectivity index is 1.95. The van der Waals surface area contributed by atoms with Crippen LogP contribution in [0.2, 0.25) is 0 Å². The Kier molecular flexibility index (Phi) is 8.62. The van der Waals surface area contributed by atoms with E-state index in [9.17, 15) is 9.59 Å². The molecule has 1 fully saturated rings. The molecule has 0 spiro atoms. The molecule has 0 radical (unpaired) electrons. The lowest BCUT2D eigenvalue weighted by molar-refractivity contribution is -0.116. The molecule has 1 aromatic carbocycles. The summed E-state index contributed by atoms with van der Waals surface area (Å²) in [6, 6.07) is 5.63. The second-order valence-corrected chi connectivity index (χ2v) is 7.69. The van der Waals surface area contributed by atoms with Gasteiger partial charge in [-0.1, -0.05) is 39.0 Å². The third-order valence-corrected chi connectivity index (χ3v) is 5.14. The van der Waals surface area contributed by atoms with Crippen molar-refractivity contribution in [2.24, 2.45) is 0 Å². The monoisotopic (exact) mass is 373 g/mol. The van der Waals surface area contributed by atoms with Crippen LogP contribution in [0.5, 0.6) is 0 Å². The first-order valence-corrected chi connectivity index (χ1v) is 10.4. The first-order chi connectivity index (χ1) is 13.0. The van der Waals surface area contributed by atoms with Crippen LogP contribution in [0.1, 0.15) is 75.1 Å². The molecule has 0 bridgehead atoms. The number of carbonyl (C=O) groups excluding carboxylic acids is 2. The number of hydrogen-bond acceptors (Lipinski definition) is 3. The van der Waals surface area contributed by atoms with Crippen LogP contribution in [0.25, 0.3) is 0 Å². The third-order valence-electron chi connectivity index (χ3n) is 5.14. The number of benzene rings is 1. The van der Waals surface area contributed by atoms with Gasteiger partial charge in [0, 0.05) is 45.0 Å². The van der Waals surface area contributed by atoms with Crippen molar-refractivity contribution in [3.05, 3.63) is 23.8 Å². The highest BCUT2D eigenvalue weighted by Gasteiger charge is 2.23. The van der Waals surface area contributed by atoms with E-state index in [4.69, 9.17) is 0 Å². The molecule has 0 unspecified atom stereocenters. The van der Waals surface area contributed by atoms with Crippen molar-refractivity contribution >= 4 is 23.2 Å². The van der Waals surface area contributed by atoms with Crippen molar-refractivity contribution in [1.82, 2.24) is 4.90 Å². The van der Waals surface area contributed by atoms with E-state index in [1.165, 1.54) is 25.7 Å². The number of rotatable bonds is 10. The first-order valence-electron chi connectivity index (χ1n) is 10.4. The molecule has 0 aromatic heterocycles. The number of anilines is 2. The Hall–Kier alpha value is -2.04. The largest absolute Gasteiger partial charge is 0.377 e. The number of hydrogen-bond donors (Lipinski definition) is 1. The average Bonchev–Trinajstić information content (AvgIpc) is 3.18. The summed E-state index contributed by atoms with van der Waals surface area (Å²) >= 11 is 0. The van der Waals surface area contributed by atoms with E-state index >= 15 is 0 Å². The summed E-state index contributed by atoms with van der Waals surface area (Å²) < 4.78 is 0. The van der Waals surface area contributed by atoms with Crippen molar-refractivity contribution in [1.29, 1.82) is 0 Å². The Bertz CT molecular complexity index is 622. The predicted molar refractivity (Wildman–Crippen MR) is 113 cm³/mol. The van der Waals surface area contributed by atoms with Gasteiger partial charge in [-0.15, -0.1) is 0 Å². The molecule has 1 aliphatic heterocycles. The van der Waals surface area contributed by atoms with Crippen LogP contribution in [0, 0.1) is 0 Å². The van der Waals surface area contributed by atoms with Gasteiger partial charge in [0.15, 0.2) is 0 Å². The van der Waals surface area contributed by atoms with E-state index in [0.717, 1.165) is 44.5 Å². The molecule has 1 heterocycles. The fourth-order valence-corrected chi connectivity index (χ4v) is 3.56. The van der Waals surface area contributed by atoms with Crippen molar-refractivity contribution in [3.63, 3.8) is 0 Å². The van der Waals surface area contributed by atoms with Crippen LogP contribution in [0.15, 0.2) is 18.2 Å². The lowest BCUT2D eigenvalue weighted by Gasteiger charge is -2.22. The Morgan fingerprint density at radius 1 is 1.04 bits per heavy atom. The quantitative estimate of drug-likeness (QED) is 0.606. The maximum absolute atomic E-state index is 12.9. The summed E-state index contributed by atoms with van der Waals surface area (Å²) in [5, 5.41) is 2.97. The molecule has 1 aliphatic rings. The first kappa shape index (κ1) is 21.3. The zero-order valence-corrected chi connectivity index (χ0v) is 17.2. The standard InChI is InChI=1S/C22H35N3O2/c1-4-5-6-7-8-9-12-21(26)23-18-13-14-20(24(2)3)19(17-18)22(27)25-15-10-11-16-25/h13-14,17H,4-12,15-16H2,1-3H3,(H,23,26). The van der Waals surface area contributed by atoms with Gasteiger partial charge in [0.25, 0.3) is 5.91 Å². The van der Waals surface area contributed by atoms with Crippen molar-refractivity contribution in [3.8, 4) is 0 Å². The van der Waals surface area contributed by atoms with Crippen molar-refractivity contribution in [2.75, 3.05) is 37.4 Å². The highest BCUT2D eigenvalue weighted by molar-refractivity contribution is 6.02. The van der Waals surface area contributed by atoms with Crippen LogP contribution in [-0.4, -0.2) is 43.9 Å². The molecule has 1 aromatic rings. The van der Waals surface area contributed by atoms with E-state index in [-0.39, 0.29) is 11.8 Å². The molecular formula is C22H35N3O2. The minimum Gasteiger partial charge on any atom is -0.377 e. The SMILES string of the molecule is CCCCCCCCC(=O)Nc1ccc(N(C)C)c(C(=O)N2CCCC2)c1. The molecule has 27 heavy (non-hydrogen) atoms. The second kappa shape index (κ2) is 11.0. The zero-order chi connectivity index (χ0) is 19.6. The fourth-order valence-electron chi connectivity index (χ4n) is 3.56. The molecule has 0 atom stereocenters. The van der Waals surface area contributed by atoms with Gasteiger partial charge in [-0.25, -0.2) is 0 Å². The van der Waals surface area contributed by atoms with Gasteiger partial charge in [-0.05, 0) is 37.5 Å². The van der Waals surface area contributed by atoms with Gasteiger partial charge < -0.3 is 15.1 Å². The Morgan fingerprint density at radius 3 is 2.37 bits per heavy atom. The summed E-state index contributed by atoms with van der Waals surface area (Å²) in [5.74, 6) is 0.0888. The van der Waals surface area contributed by atoms with E-state index in [1.807, 2.05) is 42.1 Å². The third kappa shape index (κ3) is 6.56. The number of nitrogens with zero attached hydrogens (tertiary/aromatic N) is 2. The minimum atomic E-state index is 0.0302. The number of amides is 2. The van der Waals surface area contributed by atoms with Gasteiger partial charge in [-0.3, -0.25) is 9.59 Å². The molecule has 1 N–H and O–H groups in total. The topological polar surface area (TPSA) is 52.7 Å². The molecule has 150 valence electrons. The van der Waals surface area contributed by atoms with Gasteiger partial charge in [-0.2, -0.15) is 0 Å². The molecule has 5 heteroatoms. The molecule has 1 saturated heterocycles. The molecular weight excluding hydrogens is 338 g/mol. The number of carbonyl (C=O) groups is 2. The summed E-state index contributed by atoms with van der Waals surface area (Å²) in [6.07, 6.45) is 9.67. The zero-order valence-electron chi connectivity index (χ0n) is 17.2. The van der Waals surface area contributed by atoms with Crippen LogP contribution < -0.4 is 10.2 Å². The maximum Gasteiger partial charge on any atom is 0.256 e. The summed E-state index contributed by atoms with van der Waals surface area (Å²) in [5.41, 5.74) is 2.26. The summed E-state index contributed by atoms with van der Waals surface area (Å²) in [4.78, 5) is 29.0. The minimum absolute atomic E-state index is 0.0302. The highest BCUT2D eigenvalue weighted by atomic mass is 16.2. The normalized spacial score (nSPS) is 13.7. The van der Waals surface area contributed by atoms with E-state index in [1.54, 1.807) is 0 Å². The molecule has 5 nitrogen and oxygen atoms in total. The molecule has 0 saturated carbocycles. The maximum atomic E-state index is 12.9. The highest BCUT2D eigenvalue weighted by Crippen LogP contribution is 2.26. The van der Waals surface area contributed by atoms with Crippen LogP contribution in [-0.2, 0) is 4.79 Å². The van der Waals surface area contributed by atoms with Crippen LogP contribution in [0.4, 0.5) is 11.4 Å². The Morgan fingerprint density at radius 2 is 1.70 bits per heavy atom. The smallest absolute Gasteiger partial charge is 0.256 e. The summed E-state index contributed by atoms with van der Waals surface area (Å²) in [6.45, 7) is 3.85. The molecule has 0 aliphatic carbocycles. The van der Waals surface area contributed by atoms with E-state index < -0.39 is 0 Å². The second-order valence-electron chi connectivity index (χ2n) is 7.69. The van der Waals surface area contributed by atoms with Gasteiger partial charge in [0.2, 0.25) is 5.91 Å². The van der Waals surface area contributed by atoms with Crippen molar-refractivity contribution < 1.29 is 9.59 Å². The lowest BCUT2D eigenvalue weighted by atomic mass is 10.1. The predicted octanol–water partition coefficient (Wildman–Crippen LogP) is 4.68. The van der Waals surface area contributed by atoms with E-state index in [2.05, 4.69) is 12.2 Å². The molecule has 2 amide bonds. The average molecular weight is 374 g/mol. The molecule has 2 rings (SSSR count). The number of likely N-dealkylation sites (tertiary alicyclic amines) is 1. The van der Waals surface area contributed by atoms with Crippen molar-refractivity contribution in [2.45, 2.75) is 64.7 Å². The van der Waals surface area contributed by atoms with Crippen LogP contribution >= 0.6 is 0 Å². The Labute approximate surface area is 164 Å².